The van der Waals surface area contributed by atoms with Gasteiger partial charge in [-0.15, -0.1) is 0 Å². The first-order chi connectivity index (χ1) is 14.6. The van der Waals surface area contributed by atoms with Crippen LogP contribution in [0.2, 0.25) is 0 Å². The summed E-state index contributed by atoms with van der Waals surface area (Å²) in [4.78, 5) is 24.9. The van der Waals surface area contributed by atoms with Gasteiger partial charge in [-0.25, -0.2) is 14.8 Å². The van der Waals surface area contributed by atoms with Crippen LogP contribution >= 0.6 is 11.8 Å². The fourth-order valence-electron chi connectivity index (χ4n) is 5.42. The maximum absolute atomic E-state index is 11.3. The molecule has 1 spiro atoms. The molecule has 3 aliphatic rings. The summed E-state index contributed by atoms with van der Waals surface area (Å²) in [6.07, 6.45) is 7.96. The molecule has 1 aromatic carbocycles. The van der Waals surface area contributed by atoms with E-state index in [2.05, 4.69) is 29.2 Å². The van der Waals surface area contributed by atoms with Gasteiger partial charge in [0.2, 0.25) is 0 Å². The Balaban J connectivity index is 1.43. The highest BCUT2D eigenvalue weighted by Gasteiger charge is 2.39. The highest BCUT2D eigenvalue weighted by molar-refractivity contribution is 7.98. The lowest BCUT2D eigenvalue weighted by atomic mass is 9.63. The molecule has 1 aromatic heterocycles. The average molecular weight is 425 g/mol. The fraction of sp³-hybridized carbons (Fsp3) is 0.522. The first-order valence-electron chi connectivity index (χ1n) is 10.8. The molecular weight excluding hydrogens is 396 g/mol. The number of anilines is 1. The van der Waals surface area contributed by atoms with Crippen molar-refractivity contribution in [2.75, 3.05) is 37.3 Å². The largest absolute Gasteiger partial charge is 0.465 e. The van der Waals surface area contributed by atoms with Gasteiger partial charge in [-0.3, -0.25) is 0 Å². The van der Waals surface area contributed by atoms with Crippen molar-refractivity contribution >= 4 is 23.7 Å². The monoisotopic (exact) mass is 424 g/mol. The van der Waals surface area contributed by atoms with Crippen molar-refractivity contribution < 1.29 is 9.90 Å². The third-order valence-corrected chi connectivity index (χ3v) is 7.69. The Kier molecular flexibility index (Phi) is 5.09. The molecule has 1 fully saturated rings. The van der Waals surface area contributed by atoms with E-state index in [-0.39, 0.29) is 0 Å². The first kappa shape index (κ1) is 19.7. The van der Waals surface area contributed by atoms with Gasteiger partial charge in [-0.05, 0) is 61.3 Å². The van der Waals surface area contributed by atoms with Crippen LogP contribution in [0.5, 0.6) is 0 Å². The molecule has 158 valence electrons. The first-order valence-corrected chi connectivity index (χ1v) is 12.0. The van der Waals surface area contributed by atoms with Gasteiger partial charge in [-0.2, -0.15) is 0 Å². The highest BCUT2D eigenvalue weighted by Crippen LogP contribution is 2.46. The zero-order valence-electron chi connectivity index (χ0n) is 17.4. The van der Waals surface area contributed by atoms with Crippen molar-refractivity contribution in [1.82, 2.24) is 14.9 Å². The van der Waals surface area contributed by atoms with E-state index >= 15 is 0 Å². The fourth-order valence-corrected chi connectivity index (χ4v) is 5.80. The van der Waals surface area contributed by atoms with Crippen LogP contribution in [0.1, 0.15) is 35.2 Å². The molecule has 2 heterocycles. The maximum atomic E-state index is 11.3. The number of aromatic nitrogens is 2. The minimum absolute atomic E-state index is 0.310. The quantitative estimate of drug-likeness (QED) is 0.586. The maximum Gasteiger partial charge on any atom is 0.407 e. The standard InChI is InChI=1S/C23H28N4O2S/c1-30-21-24-19-15-23(8-6-16-4-2-3-5-17(16)14-23)9-7-18(19)20(25-21)26-10-12-27(13-11-26)22(28)29/h2-5H,6-15H2,1H3,(H,28,29)/t23-/m1/s1. The molecule has 0 bridgehead atoms. The Labute approximate surface area is 181 Å². The van der Waals surface area contributed by atoms with Crippen molar-refractivity contribution in [1.29, 1.82) is 0 Å². The minimum Gasteiger partial charge on any atom is -0.465 e. The van der Waals surface area contributed by atoms with Crippen LogP contribution < -0.4 is 4.90 Å². The van der Waals surface area contributed by atoms with Crippen LogP contribution in [0.25, 0.3) is 0 Å². The number of nitrogens with zero attached hydrogens (tertiary/aromatic N) is 4. The van der Waals surface area contributed by atoms with Crippen LogP contribution in [0.3, 0.4) is 0 Å². The number of benzene rings is 1. The molecule has 30 heavy (non-hydrogen) atoms. The van der Waals surface area contributed by atoms with Crippen molar-refractivity contribution in [3.8, 4) is 0 Å². The lowest BCUT2D eigenvalue weighted by Crippen LogP contribution is -2.49. The molecule has 1 aliphatic heterocycles. The number of thioether (sulfide) groups is 1. The van der Waals surface area contributed by atoms with Crippen LogP contribution in [0, 0.1) is 5.41 Å². The molecule has 0 saturated carbocycles. The zero-order chi connectivity index (χ0) is 20.7. The summed E-state index contributed by atoms with van der Waals surface area (Å²) in [6.45, 7) is 2.46. The molecule has 1 atom stereocenters. The zero-order valence-corrected chi connectivity index (χ0v) is 18.2. The van der Waals surface area contributed by atoms with E-state index < -0.39 is 6.09 Å². The molecule has 1 N–H and O–H groups in total. The second kappa shape index (κ2) is 7.76. The molecule has 1 saturated heterocycles. The van der Waals surface area contributed by atoms with Crippen molar-refractivity contribution in [2.24, 2.45) is 5.41 Å². The van der Waals surface area contributed by atoms with E-state index in [1.54, 1.807) is 11.8 Å². The van der Waals surface area contributed by atoms with Crippen LogP contribution in [-0.4, -0.2) is 58.5 Å². The van der Waals surface area contributed by atoms with Gasteiger partial charge in [0.25, 0.3) is 0 Å². The van der Waals surface area contributed by atoms with E-state index in [0.29, 0.717) is 31.6 Å². The third-order valence-electron chi connectivity index (χ3n) is 7.14. The molecule has 2 aromatic rings. The van der Waals surface area contributed by atoms with Crippen LogP contribution in [0.15, 0.2) is 29.4 Å². The number of carboxylic acid groups (broad SMARTS) is 1. The Morgan fingerprint density at radius 3 is 2.50 bits per heavy atom. The number of fused-ring (bicyclic) bond motifs is 2. The lowest BCUT2D eigenvalue weighted by molar-refractivity contribution is 0.142. The lowest BCUT2D eigenvalue weighted by Gasteiger charge is -2.43. The number of rotatable bonds is 2. The van der Waals surface area contributed by atoms with Crippen molar-refractivity contribution in [3.05, 3.63) is 46.6 Å². The van der Waals surface area contributed by atoms with Crippen molar-refractivity contribution in [3.63, 3.8) is 0 Å². The molecular formula is C23H28N4O2S. The Morgan fingerprint density at radius 2 is 1.77 bits per heavy atom. The molecule has 7 heteroatoms. The predicted octanol–water partition coefficient (Wildman–Crippen LogP) is 3.66. The highest BCUT2D eigenvalue weighted by atomic mass is 32.2. The second-order valence-electron chi connectivity index (χ2n) is 8.84. The van der Waals surface area contributed by atoms with Gasteiger partial charge >= 0.3 is 6.09 Å². The molecule has 0 unspecified atom stereocenters. The summed E-state index contributed by atoms with van der Waals surface area (Å²) >= 11 is 1.60. The third kappa shape index (κ3) is 3.53. The molecule has 5 rings (SSSR count). The number of hydrogen-bond acceptors (Lipinski definition) is 5. The van der Waals surface area contributed by atoms with E-state index in [9.17, 15) is 9.90 Å². The SMILES string of the molecule is CSc1nc2c(c(N3CCN(C(=O)O)CC3)n1)CC[C@@]1(CCc3ccccc3C1)C2. The van der Waals surface area contributed by atoms with Crippen LogP contribution in [-0.2, 0) is 25.7 Å². The summed E-state index contributed by atoms with van der Waals surface area (Å²) in [5.74, 6) is 1.04. The summed E-state index contributed by atoms with van der Waals surface area (Å²) in [5, 5.41) is 10.1. The van der Waals surface area contributed by atoms with E-state index in [1.165, 1.54) is 40.1 Å². The number of hydrogen-bond donors (Lipinski definition) is 1. The normalized spacial score (nSPS) is 23.2. The summed E-state index contributed by atoms with van der Waals surface area (Å²) in [7, 11) is 0. The van der Waals surface area contributed by atoms with Gasteiger partial charge in [0.1, 0.15) is 5.82 Å². The van der Waals surface area contributed by atoms with Gasteiger partial charge in [0, 0.05) is 31.7 Å². The van der Waals surface area contributed by atoms with E-state index in [1.807, 2.05) is 6.26 Å². The summed E-state index contributed by atoms with van der Waals surface area (Å²) in [6, 6.07) is 8.90. The smallest absolute Gasteiger partial charge is 0.407 e. The van der Waals surface area contributed by atoms with E-state index in [4.69, 9.17) is 9.97 Å². The molecule has 0 radical (unpaired) electrons. The van der Waals surface area contributed by atoms with Gasteiger partial charge in [0.15, 0.2) is 5.16 Å². The van der Waals surface area contributed by atoms with Gasteiger partial charge < -0.3 is 14.9 Å². The Bertz CT molecular complexity index is 974. The average Bonchev–Trinajstić information content (AvgIpc) is 2.78. The minimum atomic E-state index is -0.830. The predicted molar refractivity (Wildman–Crippen MR) is 119 cm³/mol. The van der Waals surface area contributed by atoms with Crippen LogP contribution in [0.4, 0.5) is 10.6 Å². The number of aryl methyl sites for hydroxylation is 1. The van der Waals surface area contributed by atoms with Gasteiger partial charge in [-0.1, -0.05) is 36.0 Å². The number of amides is 1. The number of carbonyl (C=O) groups is 1. The Hall–Kier alpha value is -2.28. The summed E-state index contributed by atoms with van der Waals surface area (Å²) < 4.78 is 0. The van der Waals surface area contributed by atoms with Crippen molar-refractivity contribution in [2.45, 2.75) is 43.7 Å². The topological polar surface area (TPSA) is 69.6 Å². The summed E-state index contributed by atoms with van der Waals surface area (Å²) in [5.41, 5.74) is 5.84. The molecule has 6 nitrogen and oxygen atoms in total. The molecule has 1 amide bonds. The Morgan fingerprint density at radius 1 is 1.03 bits per heavy atom. The molecule has 2 aliphatic carbocycles. The second-order valence-corrected chi connectivity index (χ2v) is 9.61. The van der Waals surface area contributed by atoms with E-state index in [0.717, 1.165) is 36.7 Å². The van der Waals surface area contributed by atoms with Gasteiger partial charge in [0.05, 0.1) is 5.69 Å². The number of piperazine rings is 1.